The molecule has 0 atom stereocenters. The van der Waals surface area contributed by atoms with Crippen molar-refractivity contribution in [2.45, 2.75) is 25.5 Å². The molecular weight excluding hydrogens is 186 g/mol. The minimum atomic E-state index is 0.392. The summed E-state index contributed by atoms with van der Waals surface area (Å²) in [7, 11) is 0. The summed E-state index contributed by atoms with van der Waals surface area (Å²) in [6, 6.07) is 5.59. The van der Waals surface area contributed by atoms with E-state index in [1.54, 1.807) is 0 Å². The quantitative estimate of drug-likeness (QED) is 0.808. The molecule has 0 heterocycles. The molecule has 0 aliphatic heterocycles. The van der Waals surface area contributed by atoms with Crippen molar-refractivity contribution in [2.24, 2.45) is 5.73 Å². The van der Waals surface area contributed by atoms with E-state index < -0.39 is 0 Å². The van der Waals surface area contributed by atoms with Gasteiger partial charge < -0.3 is 10.5 Å². The molecule has 2 nitrogen and oxygen atoms in total. The predicted molar refractivity (Wildman–Crippen MR) is 53.0 cm³/mol. The Bertz CT molecular complexity index is 310. The average molecular weight is 198 g/mol. The highest BCUT2D eigenvalue weighted by molar-refractivity contribution is 6.30. The maximum Gasteiger partial charge on any atom is 0.125 e. The zero-order valence-corrected chi connectivity index (χ0v) is 8.05. The Morgan fingerprint density at radius 3 is 2.85 bits per heavy atom. The van der Waals surface area contributed by atoms with Gasteiger partial charge >= 0.3 is 0 Å². The first-order valence-electron chi connectivity index (χ1n) is 4.45. The van der Waals surface area contributed by atoms with Gasteiger partial charge in [-0.05, 0) is 25.0 Å². The van der Waals surface area contributed by atoms with E-state index in [4.69, 9.17) is 22.1 Å². The van der Waals surface area contributed by atoms with Crippen LogP contribution in [0.25, 0.3) is 0 Å². The van der Waals surface area contributed by atoms with E-state index in [1.807, 2.05) is 18.2 Å². The fourth-order valence-electron chi connectivity index (χ4n) is 1.17. The van der Waals surface area contributed by atoms with Crippen molar-refractivity contribution in [3.63, 3.8) is 0 Å². The lowest BCUT2D eigenvalue weighted by Crippen LogP contribution is -2.03. The fraction of sp³-hybridized carbons (Fsp3) is 0.400. The van der Waals surface area contributed by atoms with Crippen LogP contribution in [0.3, 0.4) is 0 Å². The molecule has 1 aliphatic rings. The van der Waals surface area contributed by atoms with Gasteiger partial charge in [-0.25, -0.2) is 0 Å². The Labute approximate surface area is 82.6 Å². The van der Waals surface area contributed by atoms with Gasteiger partial charge in [0.05, 0.1) is 6.10 Å². The summed E-state index contributed by atoms with van der Waals surface area (Å²) in [6.45, 7) is 0.499. The van der Waals surface area contributed by atoms with Crippen molar-refractivity contribution >= 4 is 11.6 Å². The molecule has 0 saturated heterocycles. The number of halogens is 1. The van der Waals surface area contributed by atoms with Gasteiger partial charge in [0.1, 0.15) is 5.75 Å². The normalized spacial score (nSPS) is 15.8. The van der Waals surface area contributed by atoms with Gasteiger partial charge in [-0.2, -0.15) is 0 Å². The Balaban J connectivity index is 2.22. The van der Waals surface area contributed by atoms with E-state index in [2.05, 4.69) is 0 Å². The van der Waals surface area contributed by atoms with Crippen LogP contribution in [0.2, 0.25) is 5.02 Å². The molecule has 1 saturated carbocycles. The first-order valence-corrected chi connectivity index (χ1v) is 4.82. The Hall–Kier alpha value is -0.730. The number of ether oxygens (including phenoxy) is 1. The Morgan fingerprint density at radius 2 is 2.23 bits per heavy atom. The molecule has 0 radical (unpaired) electrons. The number of hydrogen-bond acceptors (Lipinski definition) is 2. The third-order valence-electron chi connectivity index (χ3n) is 2.07. The summed E-state index contributed by atoms with van der Waals surface area (Å²) in [4.78, 5) is 0. The molecule has 13 heavy (non-hydrogen) atoms. The zero-order chi connectivity index (χ0) is 9.26. The minimum Gasteiger partial charge on any atom is -0.490 e. The van der Waals surface area contributed by atoms with Gasteiger partial charge in [0.2, 0.25) is 0 Å². The Kier molecular flexibility index (Phi) is 2.42. The summed E-state index contributed by atoms with van der Waals surface area (Å²) in [5, 5.41) is 0.702. The third-order valence-corrected chi connectivity index (χ3v) is 2.30. The van der Waals surface area contributed by atoms with Crippen molar-refractivity contribution in [1.29, 1.82) is 0 Å². The van der Waals surface area contributed by atoms with Gasteiger partial charge in [-0.15, -0.1) is 0 Å². The molecular formula is C10H12ClNO. The van der Waals surface area contributed by atoms with Crippen LogP contribution in [0.15, 0.2) is 18.2 Å². The lowest BCUT2D eigenvalue weighted by Gasteiger charge is -2.09. The van der Waals surface area contributed by atoms with Crippen molar-refractivity contribution < 1.29 is 4.74 Å². The third kappa shape index (κ3) is 2.14. The second kappa shape index (κ2) is 3.56. The molecule has 1 aliphatic carbocycles. The van der Waals surface area contributed by atoms with E-state index >= 15 is 0 Å². The predicted octanol–water partition coefficient (Wildman–Crippen LogP) is 2.34. The topological polar surface area (TPSA) is 35.2 Å². The molecule has 2 rings (SSSR count). The molecule has 1 aromatic carbocycles. The van der Waals surface area contributed by atoms with Crippen LogP contribution >= 0.6 is 11.6 Å². The Morgan fingerprint density at radius 1 is 1.46 bits per heavy atom. The van der Waals surface area contributed by atoms with Crippen molar-refractivity contribution in [2.75, 3.05) is 0 Å². The first kappa shape index (κ1) is 8.85. The maximum atomic E-state index is 5.86. The summed E-state index contributed by atoms with van der Waals surface area (Å²) in [5.41, 5.74) is 6.60. The monoisotopic (exact) mass is 197 g/mol. The van der Waals surface area contributed by atoms with Crippen molar-refractivity contribution in [1.82, 2.24) is 0 Å². The summed E-state index contributed by atoms with van der Waals surface area (Å²) in [5.74, 6) is 0.845. The van der Waals surface area contributed by atoms with Crippen LogP contribution in [0.1, 0.15) is 18.4 Å². The van der Waals surface area contributed by atoms with Crippen LogP contribution in [0, 0.1) is 0 Å². The average Bonchev–Trinajstić information content (AvgIpc) is 2.89. The van der Waals surface area contributed by atoms with E-state index in [-0.39, 0.29) is 0 Å². The lowest BCUT2D eigenvalue weighted by molar-refractivity contribution is 0.300. The molecule has 0 unspecified atom stereocenters. The molecule has 1 fully saturated rings. The van der Waals surface area contributed by atoms with Gasteiger partial charge in [-0.3, -0.25) is 0 Å². The molecule has 70 valence electrons. The van der Waals surface area contributed by atoms with Gasteiger partial charge in [-0.1, -0.05) is 17.7 Å². The van der Waals surface area contributed by atoms with Crippen LogP contribution in [-0.4, -0.2) is 6.10 Å². The maximum absolute atomic E-state index is 5.86. The van der Waals surface area contributed by atoms with Crippen LogP contribution in [0.4, 0.5) is 0 Å². The molecule has 1 aromatic rings. The van der Waals surface area contributed by atoms with Crippen LogP contribution in [-0.2, 0) is 6.54 Å². The SMILES string of the molecule is NCc1ccc(Cl)cc1OC1CC1. The van der Waals surface area contributed by atoms with E-state index in [9.17, 15) is 0 Å². The minimum absolute atomic E-state index is 0.392. The highest BCUT2D eigenvalue weighted by Crippen LogP contribution is 2.30. The van der Waals surface area contributed by atoms with Gasteiger partial charge in [0, 0.05) is 17.1 Å². The fourth-order valence-corrected chi connectivity index (χ4v) is 1.33. The molecule has 0 amide bonds. The number of benzene rings is 1. The van der Waals surface area contributed by atoms with Crippen LogP contribution in [0.5, 0.6) is 5.75 Å². The van der Waals surface area contributed by atoms with Gasteiger partial charge in [0.25, 0.3) is 0 Å². The summed E-state index contributed by atoms with van der Waals surface area (Å²) < 4.78 is 5.66. The van der Waals surface area contributed by atoms with E-state index in [1.165, 1.54) is 0 Å². The second-order valence-electron chi connectivity index (χ2n) is 3.27. The summed E-state index contributed by atoms with van der Waals surface area (Å²) in [6.07, 6.45) is 2.69. The van der Waals surface area contributed by atoms with E-state index in [0.717, 1.165) is 24.2 Å². The van der Waals surface area contributed by atoms with E-state index in [0.29, 0.717) is 17.7 Å². The summed E-state index contributed by atoms with van der Waals surface area (Å²) >= 11 is 5.86. The standard InChI is InChI=1S/C10H12ClNO/c11-8-2-1-7(6-12)10(5-8)13-9-3-4-9/h1-2,5,9H,3-4,6,12H2. The number of nitrogens with two attached hydrogens (primary N) is 1. The zero-order valence-electron chi connectivity index (χ0n) is 7.29. The van der Waals surface area contributed by atoms with Crippen molar-refractivity contribution in [3.8, 4) is 5.75 Å². The highest BCUT2D eigenvalue weighted by atomic mass is 35.5. The first-order chi connectivity index (χ1) is 6.29. The molecule has 0 bridgehead atoms. The second-order valence-corrected chi connectivity index (χ2v) is 3.71. The van der Waals surface area contributed by atoms with Crippen molar-refractivity contribution in [3.05, 3.63) is 28.8 Å². The molecule has 0 aromatic heterocycles. The largest absolute Gasteiger partial charge is 0.490 e. The number of rotatable bonds is 3. The van der Waals surface area contributed by atoms with Crippen LogP contribution < -0.4 is 10.5 Å². The molecule has 2 N–H and O–H groups in total. The molecule has 3 heteroatoms. The molecule has 0 spiro atoms. The van der Waals surface area contributed by atoms with Gasteiger partial charge in [0.15, 0.2) is 0 Å². The lowest BCUT2D eigenvalue weighted by atomic mass is 10.2. The number of hydrogen-bond donors (Lipinski definition) is 1. The smallest absolute Gasteiger partial charge is 0.125 e. The highest BCUT2D eigenvalue weighted by Gasteiger charge is 2.24.